The summed E-state index contributed by atoms with van der Waals surface area (Å²) in [5.41, 5.74) is 5.77. The van der Waals surface area contributed by atoms with Crippen LogP contribution in [0.5, 0.6) is 5.75 Å². The molecule has 0 saturated heterocycles. The summed E-state index contributed by atoms with van der Waals surface area (Å²) in [6.07, 6.45) is 2.66. The number of aromatic nitrogens is 1. The van der Waals surface area contributed by atoms with E-state index in [0.717, 1.165) is 0 Å². The van der Waals surface area contributed by atoms with Crippen molar-refractivity contribution < 1.29 is 13.2 Å². The molecule has 0 amide bonds. The summed E-state index contributed by atoms with van der Waals surface area (Å²) in [5.74, 6) is 0.688. The zero-order valence-corrected chi connectivity index (χ0v) is 11.5. The van der Waals surface area contributed by atoms with Crippen molar-refractivity contribution in [1.82, 2.24) is 9.71 Å². The molecule has 7 heteroatoms. The first kappa shape index (κ1) is 14.3. The van der Waals surface area contributed by atoms with Crippen LogP contribution >= 0.6 is 0 Å². The highest BCUT2D eigenvalue weighted by Crippen LogP contribution is 2.15. The topological polar surface area (TPSA) is 94.3 Å². The Morgan fingerprint density at radius 2 is 1.95 bits per heavy atom. The van der Waals surface area contributed by atoms with Crippen LogP contribution in [0.4, 0.5) is 5.69 Å². The number of nitrogens with two attached hydrogens (primary N) is 1. The van der Waals surface area contributed by atoms with Gasteiger partial charge < -0.3 is 10.5 Å². The van der Waals surface area contributed by atoms with Gasteiger partial charge in [0.05, 0.1) is 5.69 Å². The number of benzene rings is 1. The fourth-order valence-electron chi connectivity index (χ4n) is 1.55. The minimum atomic E-state index is -3.66. The minimum absolute atomic E-state index is 0.0280. The number of ether oxygens (including phenoxy) is 1. The summed E-state index contributed by atoms with van der Waals surface area (Å²) in [6.45, 7) is 0.370. The van der Waals surface area contributed by atoms with Crippen molar-refractivity contribution in [1.29, 1.82) is 0 Å². The molecule has 2 aromatic rings. The summed E-state index contributed by atoms with van der Waals surface area (Å²) in [5, 5.41) is 0. The van der Waals surface area contributed by atoms with E-state index in [0.29, 0.717) is 5.75 Å². The third-order valence-electron chi connectivity index (χ3n) is 2.51. The van der Waals surface area contributed by atoms with E-state index >= 15 is 0 Å². The zero-order chi connectivity index (χ0) is 14.4. The maximum absolute atomic E-state index is 12.0. The van der Waals surface area contributed by atoms with Crippen LogP contribution in [0.3, 0.4) is 0 Å². The average molecular weight is 293 g/mol. The Morgan fingerprint density at radius 1 is 1.20 bits per heavy atom. The number of sulfonamides is 1. The number of anilines is 1. The Bertz CT molecular complexity index is 660. The molecule has 0 bridgehead atoms. The van der Waals surface area contributed by atoms with Gasteiger partial charge in [-0.2, -0.15) is 0 Å². The molecule has 3 N–H and O–H groups in total. The van der Waals surface area contributed by atoms with Crippen LogP contribution in [0.25, 0.3) is 0 Å². The predicted octanol–water partition coefficient (Wildman–Crippen LogP) is 1.02. The summed E-state index contributed by atoms with van der Waals surface area (Å²) < 4.78 is 31.8. The van der Waals surface area contributed by atoms with Gasteiger partial charge in [0, 0.05) is 18.9 Å². The quantitative estimate of drug-likeness (QED) is 0.775. The Labute approximate surface area is 117 Å². The second kappa shape index (κ2) is 6.36. The Hall–Kier alpha value is -2.12. The second-order valence-electron chi connectivity index (χ2n) is 3.97. The number of nitrogens with zero attached hydrogens (tertiary/aromatic N) is 1. The lowest BCUT2D eigenvalue weighted by Gasteiger charge is -2.09. The van der Waals surface area contributed by atoms with E-state index in [1.807, 2.05) is 18.2 Å². The molecule has 1 aromatic heterocycles. The fraction of sp³-hybridized carbons (Fsp3) is 0.154. The largest absolute Gasteiger partial charge is 0.492 e. The van der Waals surface area contributed by atoms with Gasteiger partial charge in [0.2, 0.25) is 10.0 Å². The van der Waals surface area contributed by atoms with Crippen molar-refractivity contribution >= 4 is 15.7 Å². The van der Waals surface area contributed by atoms with Gasteiger partial charge in [-0.1, -0.05) is 18.2 Å². The molecule has 106 valence electrons. The van der Waals surface area contributed by atoms with E-state index in [1.54, 1.807) is 12.1 Å². The smallest absolute Gasteiger partial charge is 0.244 e. The molecule has 1 aromatic carbocycles. The molecule has 0 aliphatic rings. The minimum Gasteiger partial charge on any atom is -0.492 e. The van der Waals surface area contributed by atoms with Gasteiger partial charge in [-0.05, 0) is 18.2 Å². The van der Waals surface area contributed by atoms with Crippen LogP contribution in [-0.2, 0) is 10.0 Å². The Morgan fingerprint density at radius 3 is 2.65 bits per heavy atom. The first-order chi connectivity index (χ1) is 9.59. The molecule has 2 rings (SSSR count). The molecule has 0 unspecified atom stereocenters. The monoisotopic (exact) mass is 293 g/mol. The summed E-state index contributed by atoms with van der Waals surface area (Å²) in [4.78, 5) is 3.73. The highest BCUT2D eigenvalue weighted by molar-refractivity contribution is 7.89. The van der Waals surface area contributed by atoms with E-state index in [-0.39, 0.29) is 23.7 Å². The highest BCUT2D eigenvalue weighted by Gasteiger charge is 2.16. The van der Waals surface area contributed by atoms with Gasteiger partial charge in [-0.25, -0.2) is 13.1 Å². The van der Waals surface area contributed by atoms with Crippen LogP contribution < -0.4 is 15.2 Å². The SMILES string of the molecule is Nc1ccncc1S(=O)(=O)NCCOc1ccccc1. The number of hydrogen-bond acceptors (Lipinski definition) is 5. The fourth-order valence-corrected chi connectivity index (χ4v) is 2.64. The molecular weight excluding hydrogens is 278 g/mol. The lowest BCUT2D eigenvalue weighted by atomic mass is 10.3. The van der Waals surface area contributed by atoms with Gasteiger partial charge in [-0.3, -0.25) is 4.98 Å². The van der Waals surface area contributed by atoms with E-state index in [9.17, 15) is 8.42 Å². The molecule has 6 nitrogen and oxygen atoms in total. The van der Waals surface area contributed by atoms with Crippen molar-refractivity contribution in [2.75, 3.05) is 18.9 Å². The van der Waals surface area contributed by atoms with Gasteiger partial charge >= 0.3 is 0 Å². The molecule has 0 radical (unpaired) electrons. The van der Waals surface area contributed by atoms with E-state index in [4.69, 9.17) is 10.5 Å². The number of pyridine rings is 1. The van der Waals surface area contributed by atoms with Crippen LogP contribution in [0.1, 0.15) is 0 Å². The number of rotatable bonds is 6. The molecule has 1 heterocycles. The normalized spacial score (nSPS) is 11.2. The van der Waals surface area contributed by atoms with Gasteiger partial charge in [0.15, 0.2) is 0 Å². The lowest BCUT2D eigenvalue weighted by molar-refractivity contribution is 0.323. The van der Waals surface area contributed by atoms with Crippen molar-refractivity contribution in [2.45, 2.75) is 4.90 Å². The van der Waals surface area contributed by atoms with Crippen molar-refractivity contribution in [3.63, 3.8) is 0 Å². The summed E-state index contributed by atoms with van der Waals surface area (Å²) >= 11 is 0. The molecule has 0 atom stereocenters. The molecule has 0 saturated carbocycles. The molecule has 0 spiro atoms. The first-order valence-electron chi connectivity index (χ1n) is 5.96. The van der Waals surface area contributed by atoms with E-state index in [2.05, 4.69) is 9.71 Å². The van der Waals surface area contributed by atoms with Crippen LogP contribution in [0, 0.1) is 0 Å². The van der Waals surface area contributed by atoms with Crippen molar-refractivity contribution in [3.8, 4) is 5.75 Å². The predicted molar refractivity (Wildman–Crippen MR) is 75.8 cm³/mol. The molecule has 0 fully saturated rings. The van der Waals surface area contributed by atoms with Crippen LogP contribution in [0.15, 0.2) is 53.7 Å². The Kier molecular flexibility index (Phi) is 4.54. The first-order valence-corrected chi connectivity index (χ1v) is 7.45. The summed E-state index contributed by atoms with van der Waals surface area (Å²) in [7, 11) is -3.66. The summed E-state index contributed by atoms with van der Waals surface area (Å²) in [6, 6.07) is 10.6. The standard InChI is InChI=1S/C13H15N3O3S/c14-12-6-7-15-10-13(12)20(17,18)16-8-9-19-11-4-2-1-3-5-11/h1-7,10,16H,8-9H2,(H2,14,15). The van der Waals surface area contributed by atoms with Crippen LogP contribution in [0.2, 0.25) is 0 Å². The third kappa shape index (κ3) is 3.69. The van der Waals surface area contributed by atoms with E-state index < -0.39 is 10.0 Å². The number of hydrogen-bond donors (Lipinski definition) is 2. The molecule has 0 aliphatic heterocycles. The van der Waals surface area contributed by atoms with Gasteiger partial charge in [-0.15, -0.1) is 0 Å². The zero-order valence-electron chi connectivity index (χ0n) is 10.7. The number of nitrogen functional groups attached to an aromatic ring is 1. The Balaban J connectivity index is 1.89. The number of para-hydroxylation sites is 1. The van der Waals surface area contributed by atoms with Crippen molar-refractivity contribution in [2.24, 2.45) is 0 Å². The average Bonchev–Trinajstić information content (AvgIpc) is 2.45. The molecule has 20 heavy (non-hydrogen) atoms. The lowest BCUT2D eigenvalue weighted by Crippen LogP contribution is -2.29. The second-order valence-corrected chi connectivity index (χ2v) is 5.71. The van der Waals surface area contributed by atoms with Crippen molar-refractivity contribution in [3.05, 3.63) is 48.8 Å². The molecular formula is C13H15N3O3S. The third-order valence-corrected chi connectivity index (χ3v) is 4.02. The van der Waals surface area contributed by atoms with E-state index in [1.165, 1.54) is 18.5 Å². The highest BCUT2D eigenvalue weighted by atomic mass is 32.2. The van der Waals surface area contributed by atoms with Crippen LogP contribution in [-0.4, -0.2) is 26.6 Å². The maximum atomic E-state index is 12.0. The maximum Gasteiger partial charge on any atom is 0.244 e. The van der Waals surface area contributed by atoms with Gasteiger partial charge in [0.25, 0.3) is 0 Å². The number of nitrogens with one attached hydrogen (secondary N) is 1. The molecule has 0 aliphatic carbocycles. The van der Waals surface area contributed by atoms with Gasteiger partial charge in [0.1, 0.15) is 17.3 Å².